The highest BCUT2D eigenvalue weighted by molar-refractivity contribution is 5.26. The minimum absolute atomic E-state index is 0.0366. The van der Waals surface area contributed by atoms with Crippen molar-refractivity contribution in [2.75, 3.05) is 0 Å². The Bertz CT molecular complexity index is 481. The standard InChI is InChI=1S/C16H20F2O2/c17-11-5-6-12(18)13(9-11)20-15-10-14(19)16(15)7-3-1-2-4-8-16/h5-6,9,14-15,19H,1-4,7-8,10H2. The summed E-state index contributed by atoms with van der Waals surface area (Å²) < 4.78 is 32.6. The van der Waals surface area contributed by atoms with Gasteiger partial charge in [-0.25, -0.2) is 8.78 Å². The second-order valence-corrected chi connectivity index (χ2v) is 6.08. The molecule has 2 atom stereocenters. The smallest absolute Gasteiger partial charge is 0.165 e. The van der Waals surface area contributed by atoms with E-state index in [-0.39, 0.29) is 23.4 Å². The lowest BCUT2D eigenvalue weighted by Gasteiger charge is -2.53. The molecule has 2 saturated carbocycles. The Morgan fingerprint density at radius 3 is 2.45 bits per heavy atom. The van der Waals surface area contributed by atoms with Gasteiger partial charge in [-0.15, -0.1) is 0 Å². The molecule has 2 nitrogen and oxygen atoms in total. The summed E-state index contributed by atoms with van der Waals surface area (Å²) in [6.07, 6.45) is 6.26. The van der Waals surface area contributed by atoms with E-state index in [0.717, 1.165) is 43.9 Å². The zero-order chi connectivity index (χ0) is 14.2. The quantitative estimate of drug-likeness (QED) is 0.893. The topological polar surface area (TPSA) is 29.5 Å². The molecule has 0 radical (unpaired) electrons. The molecule has 20 heavy (non-hydrogen) atoms. The van der Waals surface area contributed by atoms with Crippen molar-refractivity contribution in [3.8, 4) is 5.75 Å². The van der Waals surface area contributed by atoms with E-state index in [0.29, 0.717) is 6.42 Å². The van der Waals surface area contributed by atoms with Crippen molar-refractivity contribution in [2.24, 2.45) is 5.41 Å². The van der Waals surface area contributed by atoms with E-state index in [9.17, 15) is 13.9 Å². The first kappa shape index (κ1) is 13.8. The van der Waals surface area contributed by atoms with Crippen molar-refractivity contribution < 1.29 is 18.6 Å². The number of halogens is 2. The van der Waals surface area contributed by atoms with E-state index in [2.05, 4.69) is 0 Å². The molecule has 3 rings (SSSR count). The third kappa shape index (κ3) is 2.30. The molecule has 0 amide bonds. The number of aliphatic hydroxyl groups is 1. The van der Waals surface area contributed by atoms with E-state index in [1.165, 1.54) is 12.8 Å². The molecule has 0 aliphatic heterocycles. The zero-order valence-corrected chi connectivity index (χ0v) is 11.4. The van der Waals surface area contributed by atoms with Gasteiger partial charge in [0.15, 0.2) is 11.6 Å². The average molecular weight is 282 g/mol. The maximum absolute atomic E-state index is 13.7. The fourth-order valence-corrected chi connectivity index (χ4v) is 3.65. The molecule has 2 fully saturated rings. The van der Waals surface area contributed by atoms with E-state index in [1.54, 1.807) is 0 Å². The molecule has 2 unspecified atom stereocenters. The van der Waals surface area contributed by atoms with Crippen molar-refractivity contribution in [1.29, 1.82) is 0 Å². The molecule has 0 aromatic heterocycles. The van der Waals surface area contributed by atoms with Crippen molar-refractivity contribution in [1.82, 2.24) is 0 Å². The summed E-state index contributed by atoms with van der Waals surface area (Å²) in [4.78, 5) is 0. The minimum Gasteiger partial charge on any atom is -0.486 e. The largest absolute Gasteiger partial charge is 0.486 e. The molecule has 110 valence electrons. The van der Waals surface area contributed by atoms with Crippen LogP contribution in [0.2, 0.25) is 0 Å². The number of ether oxygens (including phenoxy) is 1. The van der Waals surface area contributed by atoms with Crippen LogP contribution in [0.25, 0.3) is 0 Å². The fraction of sp³-hybridized carbons (Fsp3) is 0.625. The highest BCUT2D eigenvalue weighted by atomic mass is 19.1. The Labute approximate surface area is 117 Å². The van der Waals surface area contributed by atoms with Crippen LogP contribution < -0.4 is 4.74 Å². The molecular formula is C16H20F2O2. The monoisotopic (exact) mass is 282 g/mol. The molecule has 1 aromatic carbocycles. The summed E-state index contributed by atoms with van der Waals surface area (Å²) in [7, 11) is 0. The zero-order valence-electron chi connectivity index (χ0n) is 11.4. The molecule has 1 aromatic rings. The van der Waals surface area contributed by atoms with Crippen molar-refractivity contribution >= 4 is 0 Å². The molecule has 0 saturated heterocycles. The highest BCUT2D eigenvalue weighted by Gasteiger charge is 2.55. The lowest BCUT2D eigenvalue weighted by Crippen LogP contribution is -2.59. The third-order valence-corrected chi connectivity index (χ3v) is 4.94. The van der Waals surface area contributed by atoms with Crippen LogP contribution in [0, 0.1) is 17.0 Å². The number of hydrogen-bond donors (Lipinski definition) is 1. The lowest BCUT2D eigenvalue weighted by molar-refractivity contribution is -0.164. The van der Waals surface area contributed by atoms with Gasteiger partial charge in [-0.1, -0.05) is 25.7 Å². The fourth-order valence-electron chi connectivity index (χ4n) is 3.65. The number of rotatable bonds is 2. The molecule has 0 heterocycles. The van der Waals surface area contributed by atoms with Gasteiger partial charge in [0.05, 0.1) is 6.10 Å². The van der Waals surface area contributed by atoms with Crippen LogP contribution >= 0.6 is 0 Å². The van der Waals surface area contributed by atoms with E-state index >= 15 is 0 Å². The Morgan fingerprint density at radius 2 is 1.80 bits per heavy atom. The molecule has 4 heteroatoms. The van der Waals surface area contributed by atoms with E-state index < -0.39 is 11.6 Å². The van der Waals surface area contributed by atoms with Gasteiger partial charge >= 0.3 is 0 Å². The first-order valence-corrected chi connectivity index (χ1v) is 7.41. The highest BCUT2D eigenvalue weighted by Crippen LogP contribution is 2.52. The predicted octanol–water partition coefficient (Wildman–Crippen LogP) is 3.82. The van der Waals surface area contributed by atoms with Crippen LogP contribution in [-0.4, -0.2) is 17.3 Å². The van der Waals surface area contributed by atoms with Gasteiger partial charge < -0.3 is 9.84 Å². The van der Waals surface area contributed by atoms with Crippen LogP contribution in [0.5, 0.6) is 5.75 Å². The van der Waals surface area contributed by atoms with Crippen molar-refractivity contribution in [3.05, 3.63) is 29.8 Å². The van der Waals surface area contributed by atoms with Crippen LogP contribution in [-0.2, 0) is 0 Å². The van der Waals surface area contributed by atoms with E-state index in [1.807, 2.05) is 0 Å². The van der Waals surface area contributed by atoms with Gasteiger partial charge in [0, 0.05) is 17.9 Å². The van der Waals surface area contributed by atoms with Crippen LogP contribution in [0.1, 0.15) is 44.9 Å². The van der Waals surface area contributed by atoms with Gasteiger partial charge in [0.1, 0.15) is 11.9 Å². The first-order valence-electron chi connectivity index (χ1n) is 7.41. The third-order valence-electron chi connectivity index (χ3n) is 4.94. The normalized spacial score (nSPS) is 28.8. The van der Waals surface area contributed by atoms with Crippen molar-refractivity contribution in [3.63, 3.8) is 0 Å². The second kappa shape index (κ2) is 5.32. The SMILES string of the molecule is OC1CC(Oc2cc(F)ccc2F)C12CCCCCC2. The maximum Gasteiger partial charge on any atom is 0.165 e. The van der Waals surface area contributed by atoms with Crippen LogP contribution in [0.3, 0.4) is 0 Å². The van der Waals surface area contributed by atoms with Gasteiger partial charge in [0.2, 0.25) is 0 Å². The van der Waals surface area contributed by atoms with E-state index in [4.69, 9.17) is 4.74 Å². The summed E-state index contributed by atoms with van der Waals surface area (Å²) in [6, 6.07) is 3.25. The Hall–Kier alpha value is -1.16. The van der Waals surface area contributed by atoms with Gasteiger partial charge in [-0.3, -0.25) is 0 Å². The Morgan fingerprint density at radius 1 is 1.10 bits per heavy atom. The second-order valence-electron chi connectivity index (χ2n) is 6.08. The molecule has 2 aliphatic rings. The van der Waals surface area contributed by atoms with Crippen LogP contribution in [0.15, 0.2) is 18.2 Å². The number of benzene rings is 1. The molecular weight excluding hydrogens is 262 g/mol. The molecule has 2 aliphatic carbocycles. The van der Waals surface area contributed by atoms with Gasteiger partial charge in [0.25, 0.3) is 0 Å². The van der Waals surface area contributed by atoms with Crippen molar-refractivity contribution in [2.45, 2.75) is 57.2 Å². The van der Waals surface area contributed by atoms with Crippen LogP contribution in [0.4, 0.5) is 8.78 Å². The maximum atomic E-state index is 13.7. The Kier molecular flexibility index (Phi) is 3.67. The lowest BCUT2D eigenvalue weighted by atomic mass is 9.59. The summed E-state index contributed by atoms with van der Waals surface area (Å²) in [5, 5.41) is 10.2. The number of hydrogen-bond acceptors (Lipinski definition) is 2. The summed E-state index contributed by atoms with van der Waals surface area (Å²) in [6.45, 7) is 0. The predicted molar refractivity (Wildman–Crippen MR) is 71.5 cm³/mol. The average Bonchev–Trinajstić information content (AvgIpc) is 2.70. The van der Waals surface area contributed by atoms with Gasteiger partial charge in [-0.2, -0.15) is 0 Å². The number of aliphatic hydroxyl groups excluding tert-OH is 1. The first-order chi connectivity index (χ1) is 9.62. The molecule has 0 bridgehead atoms. The Balaban J connectivity index is 1.78. The summed E-state index contributed by atoms with van der Waals surface area (Å²) in [5.74, 6) is -1.08. The molecule has 1 spiro atoms. The van der Waals surface area contributed by atoms with Gasteiger partial charge in [-0.05, 0) is 25.0 Å². The molecule has 1 N–H and O–H groups in total. The summed E-state index contributed by atoms with van der Waals surface area (Å²) >= 11 is 0. The minimum atomic E-state index is -0.545. The summed E-state index contributed by atoms with van der Waals surface area (Å²) in [5.41, 5.74) is -0.255.